The molecule has 1 aromatic heterocycles. The van der Waals surface area contributed by atoms with E-state index in [0.29, 0.717) is 16.6 Å². The second-order valence-electron chi connectivity index (χ2n) is 5.59. The van der Waals surface area contributed by atoms with Crippen LogP contribution in [0, 0.1) is 0 Å². The summed E-state index contributed by atoms with van der Waals surface area (Å²) in [5.41, 5.74) is 1.73. The fourth-order valence-corrected chi connectivity index (χ4v) is 2.70. The molecule has 0 radical (unpaired) electrons. The van der Waals surface area contributed by atoms with Crippen molar-refractivity contribution in [2.45, 2.75) is 19.1 Å². The number of hydrogen-bond donors (Lipinski definition) is 0. The number of imidazole rings is 1. The van der Waals surface area contributed by atoms with E-state index in [-0.39, 0.29) is 12.4 Å². The number of hydrogen-bond acceptors (Lipinski definition) is 3. The standard InChI is InChI=1S/C19H16Cl2N2O2/c20-16-5-1-14(2-6-16)11-19(24)25-18(12-23-10-9-22-13-23)15-3-7-17(21)8-4-15/h1-10,13,18H,11-12H2. The summed E-state index contributed by atoms with van der Waals surface area (Å²) in [6.07, 6.45) is 4.97. The van der Waals surface area contributed by atoms with E-state index < -0.39 is 6.10 Å². The summed E-state index contributed by atoms with van der Waals surface area (Å²) in [5.74, 6) is -0.303. The Hall–Kier alpha value is -2.30. The molecule has 0 fully saturated rings. The zero-order valence-corrected chi connectivity index (χ0v) is 14.8. The maximum Gasteiger partial charge on any atom is 0.310 e. The predicted octanol–water partition coefficient (Wildman–Crippen LogP) is 4.72. The van der Waals surface area contributed by atoms with Crippen LogP contribution in [0.2, 0.25) is 10.0 Å². The summed E-state index contributed by atoms with van der Waals surface area (Å²) in [6.45, 7) is 0.480. The van der Waals surface area contributed by atoms with Crippen LogP contribution in [-0.2, 0) is 22.5 Å². The third kappa shape index (κ3) is 5.08. The Morgan fingerprint density at radius 3 is 2.28 bits per heavy atom. The molecule has 0 aliphatic rings. The highest BCUT2D eigenvalue weighted by Crippen LogP contribution is 2.23. The quantitative estimate of drug-likeness (QED) is 0.586. The molecular formula is C19H16Cl2N2O2. The summed E-state index contributed by atoms with van der Waals surface area (Å²) in [7, 11) is 0. The van der Waals surface area contributed by atoms with Gasteiger partial charge in [-0.3, -0.25) is 4.79 Å². The topological polar surface area (TPSA) is 44.1 Å². The van der Waals surface area contributed by atoms with Gasteiger partial charge in [-0.25, -0.2) is 4.98 Å². The molecule has 128 valence electrons. The molecule has 1 heterocycles. The molecule has 0 amide bonds. The monoisotopic (exact) mass is 374 g/mol. The molecule has 4 nitrogen and oxygen atoms in total. The lowest BCUT2D eigenvalue weighted by Crippen LogP contribution is -2.17. The number of ether oxygens (including phenoxy) is 1. The number of nitrogens with zero attached hydrogens (tertiary/aromatic N) is 2. The minimum absolute atomic E-state index is 0.186. The molecule has 3 aromatic rings. The summed E-state index contributed by atoms with van der Waals surface area (Å²) in [4.78, 5) is 16.4. The van der Waals surface area contributed by atoms with Crippen LogP contribution in [0.25, 0.3) is 0 Å². The van der Waals surface area contributed by atoms with E-state index in [2.05, 4.69) is 4.98 Å². The second-order valence-corrected chi connectivity index (χ2v) is 6.47. The molecule has 2 aromatic carbocycles. The van der Waals surface area contributed by atoms with Crippen LogP contribution in [0.15, 0.2) is 67.3 Å². The summed E-state index contributed by atoms with van der Waals surface area (Å²) < 4.78 is 7.59. The molecule has 3 rings (SSSR count). The fourth-order valence-electron chi connectivity index (χ4n) is 2.44. The highest BCUT2D eigenvalue weighted by atomic mass is 35.5. The van der Waals surface area contributed by atoms with Crippen molar-refractivity contribution >= 4 is 29.2 Å². The molecule has 0 bridgehead atoms. The molecule has 25 heavy (non-hydrogen) atoms. The Labute approximate surface area is 156 Å². The lowest BCUT2D eigenvalue weighted by molar-refractivity contribution is -0.149. The Morgan fingerprint density at radius 2 is 1.68 bits per heavy atom. The van der Waals surface area contributed by atoms with E-state index in [0.717, 1.165) is 11.1 Å². The lowest BCUT2D eigenvalue weighted by atomic mass is 10.1. The zero-order valence-electron chi connectivity index (χ0n) is 13.3. The predicted molar refractivity (Wildman–Crippen MR) is 97.7 cm³/mol. The van der Waals surface area contributed by atoms with Crippen LogP contribution in [0.1, 0.15) is 17.2 Å². The maximum atomic E-state index is 12.4. The zero-order chi connectivity index (χ0) is 17.6. The highest BCUT2D eigenvalue weighted by molar-refractivity contribution is 6.30. The molecular weight excluding hydrogens is 359 g/mol. The maximum absolute atomic E-state index is 12.4. The van der Waals surface area contributed by atoms with E-state index in [9.17, 15) is 4.79 Å². The molecule has 6 heteroatoms. The van der Waals surface area contributed by atoms with Gasteiger partial charge >= 0.3 is 5.97 Å². The number of carbonyl (C=O) groups excluding carboxylic acids is 1. The van der Waals surface area contributed by atoms with Crippen LogP contribution in [0.4, 0.5) is 0 Å². The van der Waals surface area contributed by atoms with Crippen LogP contribution >= 0.6 is 23.2 Å². The van der Waals surface area contributed by atoms with E-state index in [1.165, 1.54) is 0 Å². The van der Waals surface area contributed by atoms with Gasteiger partial charge in [0.25, 0.3) is 0 Å². The number of rotatable bonds is 6. The highest BCUT2D eigenvalue weighted by Gasteiger charge is 2.18. The molecule has 0 aliphatic heterocycles. The van der Waals surface area contributed by atoms with Crippen molar-refractivity contribution in [1.82, 2.24) is 9.55 Å². The average molecular weight is 375 g/mol. The van der Waals surface area contributed by atoms with Gasteiger partial charge in [0.1, 0.15) is 6.10 Å². The van der Waals surface area contributed by atoms with E-state index in [1.807, 2.05) is 35.0 Å². The third-order valence-electron chi connectivity index (χ3n) is 3.71. The molecule has 0 saturated heterocycles. The van der Waals surface area contributed by atoms with E-state index in [1.54, 1.807) is 36.8 Å². The first-order valence-electron chi connectivity index (χ1n) is 7.75. The van der Waals surface area contributed by atoms with Crippen molar-refractivity contribution in [2.24, 2.45) is 0 Å². The van der Waals surface area contributed by atoms with Crippen LogP contribution in [-0.4, -0.2) is 15.5 Å². The van der Waals surface area contributed by atoms with Crippen molar-refractivity contribution in [3.05, 3.63) is 88.4 Å². The molecule has 0 aliphatic carbocycles. The Balaban J connectivity index is 1.73. The van der Waals surface area contributed by atoms with E-state index >= 15 is 0 Å². The number of aromatic nitrogens is 2. The van der Waals surface area contributed by atoms with Gasteiger partial charge in [-0.2, -0.15) is 0 Å². The average Bonchev–Trinajstić information content (AvgIpc) is 3.10. The largest absolute Gasteiger partial charge is 0.455 e. The number of halogens is 2. The van der Waals surface area contributed by atoms with E-state index in [4.69, 9.17) is 27.9 Å². The Bertz CT molecular complexity index is 816. The van der Waals surface area contributed by atoms with Gasteiger partial charge in [-0.05, 0) is 35.4 Å². The van der Waals surface area contributed by atoms with Crippen LogP contribution in [0.5, 0.6) is 0 Å². The number of benzene rings is 2. The van der Waals surface area contributed by atoms with Gasteiger partial charge in [-0.15, -0.1) is 0 Å². The first kappa shape index (κ1) is 17.5. The molecule has 0 saturated carbocycles. The second kappa shape index (κ2) is 8.19. The van der Waals surface area contributed by atoms with Gasteiger partial charge in [0.15, 0.2) is 0 Å². The summed E-state index contributed by atoms with van der Waals surface area (Å²) in [5, 5.41) is 1.27. The molecule has 0 spiro atoms. The summed E-state index contributed by atoms with van der Waals surface area (Å²) >= 11 is 11.8. The van der Waals surface area contributed by atoms with Gasteiger partial charge < -0.3 is 9.30 Å². The summed E-state index contributed by atoms with van der Waals surface area (Å²) in [6, 6.07) is 14.4. The van der Waals surface area contributed by atoms with Crippen molar-refractivity contribution in [1.29, 1.82) is 0 Å². The number of carbonyl (C=O) groups is 1. The Morgan fingerprint density at radius 1 is 1.04 bits per heavy atom. The van der Waals surface area contributed by atoms with Crippen molar-refractivity contribution in [3.8, 4) is 0 Å². The third-order valence-corrected chi connectivity index (χ3v) is 4.22. The number of esters is 1. The van der Waals surface area contributed by atoms with Gasteiger partial charge in [0.05, 0.1) is 19.3 Å². The first-order valence-corrected chi connectivity index (χ1v) is 8.51. The molecule has 0 N–H and O–H groups in total. The van der Waals surface area contributed by atoms with Crippen LogP contribution in [0.3, 0.4) is 0 Å². The SMILES string of the molecule is O=C(Cc1ccc(Cl)cc1)OC(Cn1ccnc1)c1ccc(Cl)cc1. The van der Waals surface area contributed by atoms with Gasteiger partial charge in [0.2, 0.25) is 0 Å². The first-order chi connectivity index (χ1) is 12.1. The smallest absolute Gasteiger partial charge is 0.310 e. The normalized spacial score (nSPS) is 11.9. The lowest BCUT2D eigenvalue weighted by Gasteiger charge is -2.19. The minimum atomic E-state index is -0.425. The van der Waals surface area contributed by atoms with Gasteiger partial charge in [-0.1, -0.05) is 47.5 Å². The van der Waals surface area contributed by atoms with Crippen molar-refractivity contribution in [3.63, 3.8) is 0 Å². The molecule has 1 unspecified atom stereocenters. The van der Waals surface area contributed by atoms with Crippen LogP contribution < -0.4 is 0 Å². The van der Waals surface area contributed by atoms with Gasteiger partial charge in [0, 0.05) is 22.4 Å². The fraction of sp³-hybridized carbons (Fsp3) is 0.158. The Kier molecular flexibility index (Phi) is 5.74. The van der Waals surface area contributed by atoms with Crippen molar-refractivity contribution < 1.29 is 9.53 Å². The minimum Gasteiger partial charge on any atom is -0.455 e. The molecule has 1 atom stereocenters. The van der Waals surface area contributed by atoms with Crippen molar-refractivity contribution in [2.75, 3.05) is 0 Å².